The van der Waals surface area contributed by atoms with E-state index in [1.54, 1.807) is 43.5 Å². The van der Waals surface area contributed by atoms with Gasteiger partial charge in [-0.15, -0.1) is 0 Å². The molecular formula is C52H70N4O8. The summed E-state index contributed by atoms with van der Waals surface area (Å²) in [5.74, 6) is -1.68. The fraction of sp³-hybridized carbons (Fsp3) is 0.538. The number of esters is 3. The van der Waals surface area contributed by atoms with Crippen LogP contribution in [-0.2, 0) is 23.7 Å². The molecule has 0 radical (unpaired) electrons. The first kappa shape index (κ1) is 48.1. The monoisotopic (exact) mass is 879 g/mol. The predicted molar refractivity (Wildman–Crippen MR) is 252 cm³/mol. The molecule has 2 saturated carbocycles. The van der Waals surface area contributed by atoms with Crippen molar-refractivity contribution in [3.05, 3.63) is 101 Å². The third-order valence-corrected chi connectivity index (χ3v) is 15.3. The van der Waals surface area contributed by atoms with E-state index < -0.39 is 53.6 Å². The summed E-state index contributed by atoms with van der Waals surface area (Å²) >= 11 is 0. The molecule has 0 aromatic heterocycles. The van der Waals surface area contributed by atoms with Crippen molar-refractivity contribution >= 4 is 40.9 Å². The van der Waals surface area contributed by atoms with E-state index in [2.05, 4.69) is 46.0 Å². The van der Waals surface area contributed by atoms with Crippen molar-refractivity contribution in [3.63, 3.8) is 0 Å². The van der Waals surface area contributed by atoms with Gasteiger partial charge in [0, 0.05) is 77.4 Å². The van der Waals surface area contributed by atoms with Gasteiger partial charge in [-0.1, -0.05) is 39.3 Å². The Morgan fingerprint density at radius 2 is 1.17 bits per heavy atom. The molecule has 0 unspecified atom stereocenters. The molecule has 0 spiro atoms. The quantitative estimate of drug-likeness (QED) is 0.0953. The molecule has 3 aromatic rings. The van der Waals surface area contributed by atoms with Crippen LogP contribution >= 0.6 is 0 Å². The number of hydrogen-bond donors (Lipinski definition) is 1. The van der Waals surface area contributed by atoms with E-state index in [1.807, 2.05) is 93.4 Å². The lowest BCUT2D eigenvalue weighted by atomic mass is 9.39. The number of hydrogen-bond acceptors (Lipinski definition) is 11. The van der Waals surface area contributed by atoms with Gasteiger partial charge in [-0.3, -0.25) is 4.79 Å². The first-order chi connectivity index (χ1) is 30.2. The summed E-state index contributed by atoms with van der Waals surface area (Å²) in [6.07, 6.45) is 3.64. The predicted octanol–water partition coefficient (Wildman–Crippen LogP) is 8.45. The van der Waals surface area contributed by atoms with Crippen LogP contribution in [0.2, 0.25) is 0 Å². The van der Waals surface area contributed by atoms with Crippen LogP contribution in [0.15, 0.2) is 84.4 Å². The average molecular weight is 879 g/mol. The number of rotatable bonds is 14. The number of ether oxygens (including phenoxy) is 4. The normalized spacial score (nSPS) is 26.7. The molecule has 1 amide bonds. The van der Waals surface area contributed by atoms with Crippen molar-refractivity contribution in [1.29, 1.82) is 0 Å². The van der Waals surface area contributed by atoms with Gasteiger partial charge in [-0.2, -0.15) is 0 Å². The molecule has 0 bridgehead atoms. The minimum Gasteiger partial charge on any atom is -0.467 e. The van der Waals surface area contributed by atoms with E-state index in [1.165, 1.54) is 12.7 Å². The summed E-state index contributed by atoms with van der Waals surface area (Å²) < 4.78 is 24.5. The van der Waals surface area contributed by atoms with Crippen molar-refractivity contribution in [1.82, 2.24) is 5.32 Å². The maximum Gasteiger partial charge on any atom is 0.338 e. The Hall–Kier alpha value is -5.36. The largest absolute Gasteiger partial charge is 0.467 e. The summed E-state index contributed by atoms with van der Waals surface area (Å²) in [6.45, 7) is 11.2. The molecule has 12 nitrogen and oxygen atoms in total. The first-order valence-corrected chi connectivity index (χ1v) is 22.5. The Bertz CT molecular complexity index is 2180. The van der Waals surface area contributed by atoms with Crippen LogP contribution in [0.1, 0.15) is 97.8 Å². The van der Waals surface area contributed by atoms with Gasteiger partial charge in [0.15, 0.2) is 6.04 Å². The van der Waals surface area contributed by atoms with E-state index in [0.29, 0.717) is 29.5 Å². The van der Waals surface area contributed by atoms with Gasteiger partial charge in [0.25, 0.3) is 5.91 Å². The van der Waals surface area contributed by atoms with E-state index in [0.717, 1.165) is 36.3 Å². The first-order valence-electron chi connectivity index (χ1n) is 22.5. The molecule has 9 atom stereocenters. The fourth-order valence-corrected chi connectivity index (χ4v) is 11.7. The second-order valence-corrected chi connectivity index (χ2v) is 20.0. The maximum absolute atomic E-state index is 14.1. The number of anilines is 3. The molecule has 0 heterocycles. The van der Waals surface area contributed by atoms with E-state index >= 15 is 0 Å². The summed E-state index contributed by atoms with van der Waals surface area (Å²) in [7, 11) is 14.6. The zero-order chi connectivity index (χ0) is 46.9. The second kappa shape index (κ2) is 19.0. The Kier molecular flexibility index (Phi) is 14.3. The molecule has 2 fully saturated rings. The number of fused-ring (bicyclic) bond motifs is 3. The number of carbonyl (C=O) groups excluding carboxylic acids is 4. The van der Waals surface area contributed by atoms with Gasteiger partial charge in [-0.25, -0.2) is 14.4 Å². The highest BCUT2D eigenvalue weighted by Gasteiger charge is 2.66. The van der Waals surface area contributed by atoms with Crippen molar-refractivity contribution in [2.75, 3.05) is 71.2 Å². The number of nitrogens with one attached hydrogen (secondary N) is 1. The molecule has 1 N–H and O–H groups in total. The van der Waals surface area contributed by atoms with Crippen LogP contribution in [0.5, 0.6) is 0 Å². The van der Waals surface area contributed by atoms with Crippen molar-refractivity contribution < 1.29 is 38.1 Å². The SMILES string of the molecule is COC(=O)[C@@H](NC(=O)c1ccc(N(C)C)cc1)[C@H](C[C@H]1C(C)=CC[C@@H]2[C@]3(C)C[C@H](OC(=O)c4ccc(N(C)C)cc4)[C@@H](OC(=O)c4ccc(N(C)C)cc4)C(C)(C)[C@H]3CC[C@]21C)OC. The standard InChI is InChI=1S/C52H70N4O8/c1-32-14-27-43-51(4,39(32)30-40(61-12)44(49(60)62-13)53-46(57)33-15-21-36(22-16-33)54(6)7)29-28-42-50(2,3)45(64-48(59)35-19-25-38(26-20-35)56(10)11)41(31-52(42,43)5)63-47(58)34-17-23-37(24-18-34)55(8)9/h14-26,39-45H,27-31H2,1-13H3,(H,53,57)/t39-,40-,41-,42+,43-,44-,45+,51-,52+/m0/s1. The zero-order valence-corrected chi connectivity index (χ0v) is 40.2. The Labute approximate surface area is 380 Å². The molecule has 64 heavy (non-hydrogen) atoms. The van der Waals surface area contributed by atoms with Crippen LogP contribution in [-0.4, -0.2) is 105 Å². The van der Waals surface area contributed by atoms with Gasteiger partial charge >= 0.3 is 17.9 Å². The number of allylic oxidation sites excluding steroid dienone is 2. The average Bonchev–Trinajstić information content (AvgIpc) is 3.26. The third kappa shape index (κ3) is 9.39. The van der Waals surface area contributed by atoms with Crippen LogP contribution in [0, 0.1) is 34.0 Å². The highest BCUT2D eigenvalue weighted by molar-refractivity contribution is 5.97. The number of carbonyl (C=O) groups is 4. The van der Waals surface area contributed by atoms with Crippen LogP contribution in [0.25, 0.3) is 0 Å². The topological polar surface area (TPSA) is 127 Å². The van der Waals surface area contributed by atoms with E-state index in [4.69, 9.17) is 18.9 Å². The number of methoxy groups -OCH3 is 2. The van der Waals surface area contributed by atoms with Gasteiger partial charge in [0.1, 0.15) is 12.2 Å². The molecule has 6 rings (SSSR count). The second-order valence-electron chi connectivity index (χ2n) is 20.0. The molecular weight excluding hydrogens is 809 g/mol. The molecule has 12 heteroatoms. The van der Waals surface area contributed by atoms with Crippen molar-refractivity contribution in [2.45, 2.75) is 91.1 Å². The lowest BCUT2D eigenvalue weighted by molar-refractivity contribution is -0.218. The smallest absolute Gasteiger partial charge is 0.338 e. The Balaban J connectivity index is 1.32. The molecule has 3 aliphatic rings. The molecule has 3 aliphatic carbocycles. The van der Waals surface area contributed by atoms with Crippen LogP contribution in [0.3, 0.4) is 0 Å². The molecule has 0 aliphatic heterocycles. The van der Waals surface area contributed by atoms with Crippen molar-refractivity contribution in [3.8, 4) is 0 Å². The zero-order valence-electron chi connectivity index (χ0n) is 40.2. The summed E-state index contributed by atoms with van der Waals surface area (Å²) in [6, 6.07) is 20.8. The van der Waals surface area contributed by atoms with Gasteiger partial charge in [-0.05, 0) is 140 Å². The van der Waals surface area contributed by atoms with E-state index in [-0.39, 0.29) is 28.6 Å². The number of nitrogens with zero attached hydrogens (tertiary/aromatic N) is 3. The lowest BCUT2D eigenvalue weighted by Gasteiger charge is -2.67. The highest BCUT2D eigenvalue weighted by Crippen LogP contribution is 2.69. The highest BCUT2D eigenvalue weighted by atomic mass is 16.6. The number of benzene rings is 3. The number of amides is 1. The van der Waals surface area contributed by atoms with Crippen LogP contribution < -0.4 is 20.0 Å². The summed E-state index contributed by atoms with van der Waals surface area (Å²) in [5.41, 5.74) is 4.14. The third-order valence-electron chi connectivity index (χ3n) is 15.3. The van der Waals surface area contributed by atoms with Gasteiger partial charge in [0.2, 0.25) is 0 Å². The Morgan fingerprint density at radius 3 is 1.64 bits per heavy atom. The minimum atomic E-state index is -1.06. The fourth-order valence-electron chi connectivity index (χ4n) is 11.7. The van der Waals surface area contributed by atoms with E-state index in [9.17, 15) is 19.2 Å². The maximum atomic E-state index is 14.1. The molecule has 3 aromatic carbocycles. The lowest BCUT2D eigenvalue weighted by Crippen LogP contribution is -2.65. The van der Waals surface area contributed by atoms with Gasteiger partial charge < -0.3 is 39.0 Å². The van der Waals surface area contributed by atoms with Gasteiger partial charge in [0.05, 0.1) is 24.3 Å². The van der Waals surface area contributed by atoms with Crippen LogP contribution in [0.4, 0.5) is 17.1 Å². The summed E-state index contributed by atoms with van der Waals surface area (Å²) in [5, 5.41) is 2.96. The van der Waals surface area contributed by atoms with Crippen molar-refractivity contribution in [2.24, 2.45) is 34.0 Å². The minimum absolute atomic E-state index is 0.0163. The molecule has 346 valence electrons. The molecule has 0 saturated heterocycles. The summed E-state index contributed by atoms with van der Waals surface area (Å²) in [4.78, 5) is 61.3. The Morgan fingerprint density at radius 1 is 0.688 bits per heavy atom.